The Hall–Kier alpha value is -2.02. The van der Waals surface area contributed by atoms with E-state index in [0.29, 0.717) is 0 Å². The minimum absolute atomic E-state index is 0.213. The van der Waals surface area contributed by atoms with E-state index in [0.717, 1.165) is 35.5 Å². The number of fused-ring (bicyclic) bond motifs is 1. The summed E-state index contributed by atoms with van der Waals surface area (Å²) in [7, 11) is 0. The Balaban J connectivity index is 2.14. The molecular formula is C12H15N5OS. The molecule has 0 unspecified atom stereocenters. The van der Waals surface area contributed by atoms with Crippen molar-refractivity contribution in [2.75, 3.05) is 23.3 Å². The predicted molar refractivity (Wildman–Crippen MR) is 80.8 cm³/mol. The number of nitrogens with two attached hydrogens (primary N) is 1. The number of imidazole rings is 1. The maximum absolute atomic E-state index is 11.4. The second-order valence-corrected chi connectivity index (χ2v) is 5.12. The zero-order chi connectivity index (χ0) is 13.4. The molecule has 5 N–H and O–H groups in total. The van der Waals surface area contributed by atoms with Crippen molar-refractivity contribution < 1.29 is 0 Å². The first kappa shape index (κ1) is 12.0. The lowest BCUT2D eigenvalue weighted by Gasteiger charge is -2.21. The number of hydrogen-bond donors (Lipinski definition) is 4. The lowest BCUT2D eigenvalue weighted by Crippen LogP contribution is -2.23. The van der Waals surface area contributed by atoms with Crippen molar-refractivity contribution in [1.29, 1.82) is 0 Å². The van der Waals surface area contributed by atoms with Gasteiger partial charge in [-0.05, 0) is 37.2 Å². The number of thiocarbonyl (C=S) groups is 1. The van der Waals surface area contributed by atoms with Gasteiger partial charge in [0.25, 0.3) is 0 Å². The van der Waals surface area contributed by atoms with Gasteiger partial charge in [0.15, 0.2) is 5.11 Å². The molecule has 2 heterocycles. The lowest BCUT2D eigenvalue weighted by atomic mass is 10.2. The number of nitrogens with zero attached hydrogens (tertiary/aromatic N) is 1. The molecule has 1 fully saturated rings. The van der Waals surface area contributed by atoms with Crippen LogP contribution in [-0.4, -0.2) is 28.2 Å². The van der Waals surface area contributed by atoms with Crippen molar-refractivity contribution >= 4 is 39.7 Å². The van der Waals surface area contributed by atoms with Crippen molar-refractivity contribution in [3.8, 4) is 0 Å². The second kappa shape index (κ2) is 4.58. The van der Waals surface area contributed by atoms with E-state index in [9.17, 15) is 4.79 Å². The van der Waals surface area contributed by atoms with E-state index in [4.69, 9.17) is 18.0 Å². The standard InChI is InChI=1S/C12H15N5OS/c13-11(19)14-9-5-7-8(16-12(18)15-7)6-10(9)17-3-1-2-4-17/h5-6H,1-4H2,(H3,13,14,19)(H2,15,16,18). The van der Waals surface area contributed by atoms with Gasteiger partial charge in [-0.25, -0.2) is 4.79 Å². The zero-order valence-corrected chi connectivity index (χ0v) is 11.1. The third-order valence-corrected chi connectivity index (χ3v) is 3.44. The number of aromatic amines is 2. The summed E-state index contributed by atoms with van der Waals surface area (Å²) >= 11 is 4.91. The van der Waals surface area contributed by atoms with Gasteiger partial charge >= 0.3 is 5.69 Å². The van der Waals surface area contributed by atoms with Crippen molar-refractivity contribution in [3.63, 3.8) is 0 Å². The lowest BCUT2D eigenvalue weighted by molar-refractivity contribution is 0.949. The Labute approximate surface area is 115 Å². The van der Waals surface area contributed by atoms with Gasteiger partial charge in [0.2, 0.25) is 0 Å². The van der Waals surface area contributed by atoms with E-state index >= 15 is 0 Å². The minimum Gasteiger partial charge on any atom is -0.376 e. The quantitative estimate of drug-likeness (QED) is 0.617. The maximum Gasteiger partial charge on any atom is 0.323 e. The summed E-state index contributed by atoms with van der Waals surface area (Å²) in [6, 6.07) is 3.82. The highest BCUT2D eigenvalue weighted by Crippen LogP contribution is 2.31. The number of anilines is 2. The third kappa shape index (κ3) is 2.28. The normalized spacial score (nSPS) is 15.1. The summed E-state index contributed by atoms with van der Waals surface area (Å²) in [6.07, 6.45) is 2.35. The van der Waals surface area contributed by atoms with Crippen LogP contribution in [0.3, 0.4) is 0 Å². The average molecular weight is 277 g/mol. The van der Waals surface area contributed by atoms with Crippen LogP contribution in [0.2, 0.25) is 0 Å². The Bertz CT molecular complexity index is 683. The zero-order valence-electron chi connectivity index (χ0n) is 10.3. The highest BCUT2D eigenvalue weighted by atomic mass is 32.1. The monoisotopic (exact) mass is 277 g/mol. The molecule has 3 rings (SSSR count). The molecule has 1 aliphatic heterocycles. The number of benzene rings is 1. The highest BCUT2D eigenvalue weighted by Gasteiger charge is 2.17. The molecule has 0 aliphatic carbocycles. The SMILES string of the molecule is NC(=S)Nc1cc2[nH]c(=O)[nH]c2cc1N1CCCC1. The first-order valence-electron chi connectivity index (χ1n) is 6.21. The van der Waals surface area contributed by atoms with Crippen LogP contribution in [-0.2, 0) is 0 Å². The molecule has 6 nitrogen and oxygen atoms in total. The number of H-pyrrole nitrogens is 2. The Morgan fingerprint density at radius 1 is 1.26 bits per heavy atom. The van der Waals surface area contributed by atoms with Crippen LogP contribution < -0.4 is 21.6 Å². The Morgan fingerprint density at radius 3 is 2.53 bits per heavy atom. The van der Waals surface area contributed by atoms with Gasteiger partial charge in [0.05, 0.1) is 22.4 Å². The Morgan fingerprint density at radius 2 is 1.89 bits per heavy atom. The second-order valence-electron chi connectivity index (χ2n) is 4.68. The topological polar surface area (TPSA) is 89.9 Å². The fraction of sp³-hybridized carbons (Fsp3) is 0.333. The van der Waals surface area contributed by atoms with Crippen LogP contribution >= 0.6 is 12.2 Å². The van der Waals surface area contributed by atoms with Gasteiger partial charge in [-0.2, -0.15) is 0 Å². The van der Waals surface area contributed by atoms with Gasteiger partial charge in [-0.1, -0.05) is 0 Å². The van der Waals surface area contributed by atoms with Gasteiger partial charge < -0.3 is 25.9 Å². The van der Waals surface area contributed by atoms with Gasteiger partial charge in [-0.3, -0.25) is 0 Å². The van der Waals surface area contributed by atoms with Crippen LogP contribution in [0.1, 0.15) is 12.8 Å². The molecule has 0 saturated carbocycles. The molecule has 0 atom stereocenters. The van der Waals surface area contributed by atoms with Crippen LogP contribution in [0.4, 0.5) is 11.4 Å². The molecule has 1 saturated heterocycles. The van der Waals surface area contributed by atoms with Crippen molar-refractivity contribution in [1.82, 2.24) is 9.97 Å². The van der Waals surface area contributed by atoms with E-state index in [-0.39, 0.29) is 10.8 Å². The molecule has 7 heteroatoms. The molecule has 0 amide bonds. The fourth-order valence-corrected chi connectivity index (χ4v) is 2.63. The largest absolute Gasteiger partial charge is 0.376 e. The van der Waals surface area contributed by atoms with Gasteiger partial charge in [0.1, 0.15) is 0 Å². The summed E-state index contributed by atoms with van der Waals surface area (Å²) in [5, 5.41) is 3.20. The van der Waals surface area contributed by atoms with Crippen molar-refractivity contribution in [3.05, 3.63) is 22.6 Å². The predicted octanol–water partition coefficient (Wildman–Crippen LogP) is 1.11. The molecule has 100 valence electrons. The molecular weight excluding hydrogens is 262 g/mol. The molecule has 19 heavy (non-hydrogen) atoms. The number of nitrogens with one attached hydrogen (secondary N) is 3. The molecule has 1 aromatic heterocycles. The molecule has 2 aromatic rings. The summed E-state index contributed by atoms with van der Waals surface area (Å²) in [6.45, 7) is 2.01. The summed E-state index contributed by atoms with van der Waals surface area (Å²) in [5.41, 5.74) is 8.74. The van der Waals surface area contributed by atoms with Gasteiger partial charge in [0, 0.05) is 13.1 Å². The number of rotatable bonds is 2. The third-order valence-electron chi connectivity index (χ3n) is 3.34. The molecule has 0 radical (unpaired) electrons. The molecule has 1 aromatic carbocycles. The number of hydrogen-bond acceptors (Lipinski definition) is 3. The summed E-state index contributed by atoms with van der Waals surface area (Å²) < 4.78 is 0. The van der Waals surface area contributed by atoms with Crippen LogP contribution in [0.25, 0.3) is 11.0 Å². The Kier molecular flexibility index (Phi) is 2.90. The highest BCUT2D eigenvalue weighted by molar-refractivity contribution is 7.80. The molecule has 0 bridgehead atoms. The van der Waals surface area contributed by atoms with E-state index in [1.165, 1.54) is 12.8 Å². The van der Waals surface area contributed by atoms with E-state index in [1.807, 2.05) is 12.1 Å². The minimum atomic E-state index is -0.213. The first-order chi connectivity index (χ1) is 9.13. The number of aromatic nitrogens is 2. The van der Waals surface area contributed by atoms with Crippen molar-refractivity contribution in [2.45, 2.75) is 12.8 Å². The van der Waals surface area contributed by atoms with E-state index in [2.05, 4.69) is 20.2 Å². The van der Waals surface area contributed by atoms with Crippen LogP contribution in [0.5, 0.6) is 0 Å². The molecule has 0 spiro atoms. The summed E-state index contributed by atoms with van der Waals surface area (Å²) in [5.74, 6) is 0. The van der Waals surface area contributed by atoms with Crippen molar-refractivity contribution in [2.24, 2.45) is 5.73 Å². The van der Waals surface area contributed by atoms with E-state index in [1.54, 1.807) is 0 Å². The molecule has 1 aliphatic rings. The van der Waals surface area contributed by atoms with Gasteiger partial charge in [-0.15, -0.1) is 0 Å². The smallest absolute Gasteiger partial charge is 0.323 e. The van der Waals surface area contributed by atoms with E-state index < -0.39 is 0 Å². The average Bonchev–Trinajstić information content (AvgIpc) is 2.94. The summed E-state index contributed by atoms with van der Waals surface area (Å²) in [4.78, 5) is 19.1. The van der Waals surface area contributed by atoms with Crippen LogP contribution in [0, 0.1) is 0 Å². The first-order valence-corrected chi connectivity index (χ1v) is 6.62. The maximum atomic E-state index is 11.4. The van der Waals surface area contributed by atoms with Crippen LogP contribution in [0.15, 0.2) is 16.9 Å². The fourth-order valence-electron chi connectivity index (χ4n) is 2.52.